The van der Waals surface area contributed by atoms with Crippen molar-refractivity contribution in [3.8, 4) is 0 Å². The SMILES string of the molecule is CN(C)C1(CNC(=O)Cn2ncc3ncccc32)Cc2ccccc2C1. The third-order valence-corrected chi connectivity index (χ3v) is 5.43. The number of nitrogens with one attached hydrogen (secondary N) is 1. The standard InChI is InChI=1S/C20H23N5O/c1-24(2)20(10-15-6-3-4-7-16(15)11-20)14-22-19(26)13-25-18-8-5-9-21-17(18)12-23-25/h3-9,12H,10-11,13-14H2,1-2H3,(H,22,26). The van der Waals surface area contributed by atoms with Gasteiger partial charge in [0.2, 0.25) is 5.91 Å². The fourth-order valence-electron chi connectivity index (χ4n) is 3.77. The molecule has 134 valence electrons. The minimum absolute atomic E-state index is 0.0314. The predicted octanol–water partition coefficient (Wildman–Crippen LogP) is 1.65. The van der Waals surface area contributed by atoms with E-state index < -0.39 is 0 Å². The summed E-state index contributed by atoms with van der Waals surface area (Å²) in [7, 11) is 4.18. The van der Waals surface area contributed by atoms with Gasteiger partial charge in [0.25, 0.3) is 0 Å². The average Bonchev–Trinajstić information content (AvgIpc) is 3.22. The Kier molecular flexibility index (Phi) is 4.20. The minimum Gasteiger partial charge on any atom is -0.353 e. The van der Waals surface area contributed by atoms with Gasteiger partial charge in [-0.1, -0.05) is 24.3 Å². The summed E-state index contributed by atoms with van der Waals surface area (Å²) < 4.78 is 1.70. The van der Waals surface area contributed by atoms with Gasteiger partial charge in [0.15, 0.2) is 0 Å². The number of carbonyl (C=O) groups excluding carboxylic acids is 1. The van der Waals surface area contributed by atoms with Crippen molar-refractivity contribution in [3.05, 3.63) is 59.9 Å². The molecule has 0 radical (unpaired) electrons. The van der Waals surface area contributed by atoms with Crippen LogP contribution in [-0.2, 0) is 24.2 Å². The molecule has 0 unspecified atom stereocenters. The molecule has 0 aliphatic heterocycles. The van der Waals surface area contributed by atoms with Crippen LogP contribution in [0, 0.1) is 0 Å². The molecule has 0 atom stereocenters. The second kappa shape index (κ2) is 6.53. The van der Waals surface area contributed by atoms with E-state index in [1.54, 1.807) is 17.1 Å². The lowest BCUT2D eigenvalue weighted by molar-refractivity contribution is -0.122. The van der Waals surface area contributed by atoms with Crippen molar-refractivity contribution in [1.82, 2.24) is 25.0 Å². The van der Waals surface area contributed by atoms with Crippen molar-refractivity contribution in [2.75, 3.05) is 20.6 Å². The predicted molar refractivity (Wildman–Crippen MR) is 101 cm³/mol. The zero-order valence-electron chi connectivity index (χ0n) is 15.1. The van der Waals surface area contributed by atoms with Crippen molar-refractivity contribution < 1.29 is 4.79 Å². The Morgan fingerprint density at radius 1 is 1.19 bits per heavy atom. The van der Waals surface area contributed by atoms with E-state index in [1.165, 1.54) is 11.1 Å². The van der Waals surface area contributed by atoms with E-state index in [4.69, 9.17) is 0 Å². The number of hydrogen-bond donors (Lipinski definition) is 1. The van der Waals surface area contributed by atoms with Gasteiger partial charge >= 0.3 is 0 Å². The van der Waals surface area contributed by atoms with Crippen molar-refractivity contribution >= 4 is 16.9 Å². The Morgan fingerprint density at radius 3 is 2.62 bits per heavy atom. The van der Waals surface area contributed by atoms with E-state index in [2.05, 4.69) is 58.7 Å². The van der Waals surface area contributed by atoms with Crippen LogP contribution in [0.5, 0.6) is 0 Å². The third kappa shape index (κ3) is 2.97. The molecule has 1 amide bonds. The second-order valence-electron chi connectivity index (χ2n) is 7.23. The normalized spacial score (nSPS) is 15.3. The number of pyridine rings is 1. The van der Waals surface area contributed by atoms with E-state index in [1.807, 2.05) is 12.1 Å². The maximum atomic E-state index is 12.5. The molecule has 0 saturated carbocycles. The lowest BCUT2D eigenvalue weighted by Crippen LogP contribution is -2.54. The number of rotatable bonds is 5. The Balaban J connectivity index is 1.45. The van der Waals surface area contributed by atoms with Gasteiger partial charge < -0.3 is 10.2 Å². The fraction of sp³-hybridized carbons (Fsp3) is 0.350. The van der Waals surface area contributed by atoms with Crippen LogP contribution < -0.4 is 5.32 Å². The summed E-state index contributed by atoms with van der Waals surface area (Å²) in [5, 5.41) is 7.41. The van der Waals surface area contributed by atoms with Crippen molar-refractivity contribution in [3.63, 3.8) is 0 Å². The van der Waals surface area contributed by atoms with E-state index in [0.717, 1.165) is 23.9 Å². The lowest BCUT2D eigenvalue weighted by atomic mass is 9.94. The number of aromatic nitrogens is 3. The summed E-state index contributed by atoms with van der Waals surface area (Å²) >= 11 is 0. The number of likely N-dealkylation sites (N-methyl/N-ethyl adjacent to an activating group) is 1. The molecular weight excluding hydrogens is 326 g/mol. The van der Waals surface area contributed by atoms with Crippen LogP contribution in [-0.4, -0.2) is 51.8 Å². The number of fused-ring (bicyclic) bond motifs is 2. The highest BCUT2D eigenvalue weighted by Gasteiger charge is 2.39. The molecule has 6 nitrogen and oxygen atoms in total. The molecule has 1 aromatic carbocycles. The molecule has 2 heterocycles. The van der Waals surface area contributed by atoms with Gasteiger partial charge in [0.1, 0.15) is 12.1 Å². The topological polar surface area (TPSA) is 63.1 Å². The van der Waals surface area contributed by atoms with Crippen LogP contribution >= 0.6 is 0 Å². The highest BCUT2D eigenvalue weighted by Crippen LogP contribution is 2.33. The van der Waals surface area contributed by atoms with E-state index in [0.29, 0.717) is 6.54 Å². The summed E-state index contributed by atoms with van der Waals surface area (Å²) in [6, 6.07) is 12.3. The van der Waals surface area contributed by atoms with Crippen LogP contribution in [0.15, 0.2) is 48.8 Å². The number of amides is 1. The van der Waals surface area contributed by atoms with Gasteiger partial charge in [-0.25, -0.2) is 0 Å². The van der Waals surface area contributed by atoms with E-state index >= 15 is 0 Å². The van der Waals surface area contributed by atoms with Gasteiger partial charge in [-0.15, -0.1) is 0 Å². The second-order valence-corrected chi connectivity index (χ2v) is 7.23. The Bertz CT molecular complexity index is 921. The Labute approximate surface area is 152 Å². The minimum atomic E-state index is -0.0763. The Hall–Kier alpha value is -2.73. The summed E-state index contributed by atoms with van der Waals surface area (Å²) in [5.74, 6) is -0.0314. The first kappa shape index (κ1) is 16.7. The Morgan fingerprint density at radius 2 is 1.92 bits per heavy atom. The van der Waals surface area contributed by atoms with Crippen LogP contribution in [0.1, 0.15) is 11.1 Å². The number of benzene rings is 1. The summed E-state index contributed by atoms with van der Waals surface area (Å²) in [4.78, 5) is 19.0. The molecule has 6 heteroatoms. The number of carbonyl (C=O) groups is 1. The van der Waals surface area contributed by atoms with Crippen molar-refractivity contribution in [2.45, 2.75) is 24.9 Å². The zero-order chi connectivity index (χ0) is 18.1. The highest BCUT2D eigenvalue weighted by molar-refractivity contribution is 5.79. The van der Waals surface area contributed by atoms with Crippen LogP contribution in [0.4, 0.5) is 0 Å². The van der Waals surface area contributed by atoms with Crippen molar-refractivity contribution in [1.29, 1.82) is 0 Å². The zero-order valence-corrected chi connectivity index (χ0v) is 15.1. The van der Waals surface area contributed by atoms with Gasteiger partial charge in [0, 0.05) is 18.3 Å². The molecule has 4 rings (SSSR count). The highest BCUT2D eigenvalue weighted by atomic mass is 16.2. The summed E-state index contributed by atoms with van der Waals surface area (Å²) in [6.45, 7) is 0.816. The molecule has 2 aromatic heterocycles. The first-order valence-corrected chi connectivity index (χ1v) is 8.85. The monoisotopic (exact) mass is 349 g/mol. The molecule has 0 spiro atoms. The van der Waals surface area contributed by atoms with E-state index in [-0.39, 0.29) is 18.0 Å². The molecule has 26 heavy (non-hydrogen) atoms. The molecular formula is C20H23N5O. The summed E-state index contributed by atoms with van der Waals surface area (Å²) in [5.41, 5.74) is 4.35. The lowest BCUT2D eigenvalue weighted by Gasteiger charge is -2.36. The van der Waals surface area contributed by atoms with Gasteiger partial charge in [0.05, 0.1) is 11.7 Å². The van der Waals surface area contributed by atoms with Crippen LogP contribution in [0.3, 0.4) is 0 Å². The molecule has 1 N–H and O–H groups in total. The third-order valence-electron chi connectivity index (χ3n) is 5.43. The molecule has 0 saturated heterocycles. The van der Waals surface area contributed by atoms with Crippen molar-refractivity contribution in [2.24, 2.45) is 0 Å². The van der Waals surface area contributed by atoms with Crippen LogP contribution in [0.25, 0.3) is 11.0 Å². The van der Waals surface area contributed by atoms with Gasteiger partial charge in [-0.05, 0) is 50.2 Å². The smallest absolute Gasteiger partial charge is 0.241 e. The number of nitrogens with zero attached hydrogens (tertiary/aromatic N) is 4. The molecule has 1 aliphatic rings. The molecule has 0 fully saturated rings. The van der Waals surface area contributed by atoms with Gasteiger partial charge in [-0.3, -0.25) is 14.5 Å². The average molecular weight is 349 g/mol. The fourth-order valence-corrected chi connectivity index (χ4v) is 3.77. The molecule has 1 aliphatic carbocycles. The maximum absolute atomic E-state index is 12.5. The maximum Gasteiger partial charge on any atom is 0.241 e. The largest absolute Gasteiger partial charge is 0.353 e. The van der Waals surface area contributed by atoms with Gasteiger partial charge in [-0.2, -0.15) is 5.10 Å². The molecule has 3 aromatic rings. The first-order chi connectivity index (χ1) is 12.6. The number of hydrogen-bond acceptors (Lipinski definition) is 4. The molecule has 0 bridgehead atoms. The van der Waals surface area contributed by atoms with Crippen LogP contribution in [0.2, 0.25) is 0 Å². The van der Waals surface area contributed by atoms with E-state index in [9.17, 15) is 4.79 Å². The quantitative estimate of drug-likeness (QED) is 0.761. The summed E-state index contributed by atoms with van der Waals surface area (Å²) in [6.07, 6.45) is 5.32. The first-order valence-electron chi connectivity index (χ1n) is 8.85.